The average Bonchev–Trinajstić information content (AvgIpc) is 2.24. The molecule has 0 bridgehead atoms. The lowest BCUT2D eigenvalue weighted by atomic mass is 10.0. The summed E-state index contributed by atoms with van der Waals surface area (Å²) in [6.45, 7) is 2.00. The molecule has 0 aliphatic carbocycles. The third kappa shape index (κ3) is 4.07. The summed E-state index contributed by atoms with van der Waals surface area (Å²) in [5.74, 6) is -1.69. The minimum absolute atomic E-state index is 0.0593. The number of hydrogen-bond acceptors (Lipinski definition) is 3. The lowest BCUT2D eigenvalue weighted by Gasteiger charge is -2.24. The van der Waals surface area contributed by atoms with Crippen LogP contribution in [0.25, 0.3) is 0 Å². The summed E-state index contributed by atoms with van der Waals surface area (Å²) < 4.78 is 31.2. The zero-order valence-corrected chi connectivity index (χ0v) is 10.7. The number of rotatable bonds is 5. The molecule has 1 atom stereocenters. The van der Waals surface area contributed by atoms with Crippen LogP contribution in [0, 0.1) is 11.6 Å². The van der Waals surface area contributed by atoms with Crippen molar-refractivity contribution in [1.82, 2.24) is 4.90 Å². The van der Waals surface area contributed by atoms with Crippen LogP contribution in [0.5, 0.6) is 0 Å². The summed E-state index contributed by atoms with van der Waals surface area (Å²) in [6.07, 6.45) is 0.0593. The van der Waals surface area contributed by atoms with E-state index < -0.39 is 17.7 Å². The lowest BCUT2D eigenvalue weighted by molar-refractivity contribution is -0.144. The maximum Gasteiger partial charge on any atom is 0.307 e. The summed E-state index contributed by atoms with van der Waals surface area (Å²) in [5, 5.41) is 0. The van der Waals surface area contributed by atoms with Gasteiger partial charge in [0.15, 0.2) is 0 Å². The molecule has 0 saturated carbocycles. The Morgan fingerprint density at radius 1 is 1.28 bits per heavy atom. The Morgan fingerprint density at radius 3 is 2.28 bits per heavy atom. The van der Waals surface area contributed by atoms with Crippen molar-refractivity contribution in [2.75, 3.05) is 20.7 Å². The molecule has 5 heteroatoms. The highest BCUT2D eigenvalue weighted by Crippen LogP contribution is 2.24. The fraction of sp³-hybridized carbons (Fsp3) is 0.462. The molecule has 0 aliphatic rings. The van der Waals surface area contributed by atoms with E-state index in [0.717, 1.165) is 6.07 Å². The first kappa shape index (κ1) is 14.6. The molecule has 0 spiro atoms. The van der Waals surface area contributed by atoms with Gasteiger partial charge in [-0.2, -0.15) is 0 Å². The van der Waals surface area contributed by atoms with E-state index in [1.54, 1.807) is 25.9 Å². The predicted octanol–water partition coefficient (Wildman–Crippen LogP) is 2.52. The Hall–Kier alpha value is -1.49. The molecule has 100 valence electrons. The van der Waals surface area contributed by atoms with E-state index in [1.807, 2.05) is 0 Å². The van der Waals surface area contributed by atoms with E-state index in [9.17, 15) is 13.6 Å². The van der Waals surface area contributed by atoms with Gasteiger partial charge in [-0.1, -0.05) is 0 Å². The van der Waals surface area contributed by atoms with Crippen molar-refractivity contribution in [3.05, 3.63) is 35.4 Å². The Morgan fingerprint density at radius 2 is 1.83 bits per heavy atom. The Balaban J connectivity index is 2.93. The Labute approximate surface area is 105 Å². The second-order valence-corrected chi connectivity index (χ2v) is 4.19. The summed E-state index contributed by atoms with van der Waals surface area (Å²) in [5.41, 5.74) is 0.422. The molecule has 0 amide bonds. The van der Waals surface area contributed by atoms with Gasteiger partial charge in [-0.3, -0.25) is 4.79 Å². The largest absolute Gasteiger partial charge is 0.466 e. The molecule has 0 saturated heterocycles. The van der Waals surface area contributed by atoms with Gasteiger partial charge in [-0.15, -0.1) is 0 Å². The molecule has 18 heavy (non-hydrogen) atoms. The fourth-order valence-electron chi connectivity index (χ4n) is 1.74. The van der Waals surface area contributed by atoms with Gasteiger partial charge in [0.25, 0.3) is 0 Å². The second-order valence-electron chi connectivity index (χ2n) is 4.19. The number of carbonyl (C=O) groups is 1. The van der Waals surface area contributed by atoms with Gasteiger partial charge in [0.2, 0.25) is 0 Å². The number of esters is 1. The summed E-state index contributed by atoms with van der Waals surface area (Å²) >= 11 is 0. The first-order valence-electron chi connectivity index (χ1n) is 5.72. The van der Waals surface area contributed by atoms with E-state index in [-0.39, 0.29) is 19.0 Å². The van der Waals surface area contributed by atoms with Gasteiger partial charge in [-0.05, 0) is 38.7 Å². The number of benzene rings is 1. The van der Waals surface area contributed by atoms with Gasteiger partial charge < -0.3 is 9.64 Å². The minimum atomic E-state index is -0.652. The van der Waals surface area contributed by atoms with Crippen LogP contribution in [0.1, 0.15) is 24.9 Å². The Bertz CT molecular complexity index is 401. The maximum atomic E-state index is 13.2. The Kier molecular flexibility index (Phi) is 5.22. The molecule has 0 heterocycles. The van der Waals surface area contributed by atoms with Gasteiger partial charge >= 0.3 is 5.97 Å². The van der Waals surface area contributed by atoms with Crippen LogP contribution in [0.15, 0.2) is 18.2 Å². The fourth-order valence-corrected chi connectivity index (χ4v) is 1.74. The van der Waals surface area contributed by atoms with Crippen LogP contribution in [0.2, 0.25) is 0 Å². The van der Waals surface area contributed by atoms with E-state index in [4.69, 9.17) is 4.74 Å². The zero-order chi connectivity index (χ0) is 13.7. The van der Waals surface area contributed by atoms with Gasteiger partial charge in [0.05, 0.1) is 13.0 Å². The molecular weight excluding hydrogens is 240 g/mol. The number of ether oxygens (including phenoxy) is 1. The molecule has 1 unspecified atom stereocenters. The average molecular weight is 257 g/mol. The number of carbonyl (C=O) groups excluding carboxylic acids is 1. The monoisotopic (exact) mass is 257 g/mol. The lowest BCUT2D eigenvalue weighted by Crippen LogP contribution is -2.24. The molecule has 0 aliphatic heterocycles. The van der Waals surface area contributed by atoms with Crippen LogP contribution < -0.4 is 0 Å². The quantitative estimate of drug-likeness (QED) is 0.759. The summed E-state index contributed by atoms with van der Waals surface area (Å²) in [4.78, 5) is 13.2. The highest BCUT2D eigenvalue weighted by atomic mass is 19.1. The number of hydrogen-bond donors (Lipinski definition) is 0. The van der Waals surface area contributed by atoms with Crippen molar-refractivity contribution in [2.24, 2.45) is 0 Å². The van der Waals surface area contributed by atoms with Gasteiger partial charge in [0, 0.05) is 12.1 Å². The van der Waals surface area contributed by atoms with Crippen LogP contribution >= 0.6 is 0 Å². The van der Waals surface area contributed by atoms with Crippen molar-refractivity contribution < 1.29 is 18.3 Å². The highest BCUT2D eigenvalue weighted by molar-refractivity contribution is 5.70. The third-order valence-corrected chi connectivity index (χ3v) is 2.56. The van der Waals surface area contributed by atoms with Crippen LogP contribution in [-0.4, -0.2) is 31.6 Å². The molecular formula is C13H17F2NO2. The standard InChI is InChI=1S/C13H17F2NO2/c1-4-18-13(17)8-12(16(2)3)9-5-10(14)7-11(15)6-9/h5-7,12H,4,8H2,1-3H3. The smallest absolute Gasteiger partial charge is 0.307 e. The molecule has 0 aromatic heterocycles. The van der Waals surface area contributed by atoms with Crippen LogP contribution in [-0.2, 0) is 9.53 Å². The number of halogens is 2. The van der Waals surface area contributed by atoms with E-state index >= 15 is 0 Å². The summed E-state index contributed by atoms with van der Waals surface area (Å²) in [6, 6.07) is 2.86. The van der Waals surface area contributed by atoms with Crippen molar-refractivity contribution >= 4 is 5.97 Å². The third-order valence-electron chi connectivity index (χ3n) is 2.56. The van der Waals surface area contributed by atoms with Gasteiger partial charge in [-0.25, -0.2) is 8.78 Å². The highest BCUT2D eigenvalue weighted by Gasteiger charge is 2.20. The van der Waals surface area contributed by atoms with E-state index in [0.29, 0.717) is 5.56 Å². The molecule has 1 aromatic carbocycles. The molecule has 3 nitrogen and oxygen atoms in total. The first-order valence-corrected chi connectivity index (χ1v) is 5.72. The first-order chi connectivity index (χ1) is 8.43. The van der Waals surface area contributed by atoms with E-state index in [1.165, 1.54) is 12.1 Å². The molecule has 1 aromatic rings. The number of nitrogens with zero attached hydrogens (tertiary/aromatic N) is 1. The normalized spacial score (nSPS) is 12.6. The zero-order valence-electron chi connectivity index (χ0n) is 10.7. The second kappa shape index (κ2) is 6.44. The predicted molar refractivity (Wildman–Crippen MR) is 64.0 cm³/mol. The van der Waals surface area contributed by atoms with Crippen LogP contribution in [0.3, 0.4) is 0 Å². The SMILES string of the molecule is CCOC(=O)CC(c1cc(F)cc(F)c1)N(C)C. The van der Waals surface area contributed by atoms with Gasteiger partial charge in [0.1, 0.15) is 11.6 Å². The minimum Gasteiger partial charge on any atom is -0.466 e. The van der Waals surface area contributed by atoms with Crippen molar-refractivity contribution in [1.29, 1.82) is 0 Å². The van der Waals surface area contributed by atoms with Crippen LogP contribution in [0.4, 0.5) is 8.78 Å². The topological polar surface area (TPSA) is 29.5 Å². The molecule has 0 fully saturated rings. The van der Waals surface area contributed by atoms with Crippen molar-refractivity contribution in [3.63, 3.8) is 0 Å². The maximum absolute atomic E-state index is 13.2. The molecule has 0 radical (unpaired) electrons. The summed E-state index contributed by atoms with van der Waals surface area (Å²) in [7, 11) is 3.49. The van der Waals surface area contributed by atoms with E-state index in [2.05, 4.69) is 0 Å². The molecule has 1 rings (SSSR count). The molecule has 0 N–H and O–H groups in total. The van der Waals surface area contributed by atoms with Crippen molar-refractivity contribution in [3.8, 4) is 0 Å². The van der Waals surface area contributed by atoms with Crippen molar-refractivity contribution in [2.45, 2.75) is 19.4 Å².